The van der Waals surface area contributed by atoms with Gasteiger partial charge in [0.1, 0.15) is 0 Å². The second kappa shape index (κ2) is 5.16. The summed E-state index contributed by atoms with van der Waals surface area (Å²) in [6.07, 6.45) is 1.20. The van der Waals surface area contributed by atoms with Crippen LogP contribution >= 0.6 is 0 Å². The topological polar surface area (TPSA) is 9.23 Å². The van der Waals surface area contributed by atoms with Crippen molar-refractivity contribution in [3.8, 4) is 0 Å². The van der Waals surface area contributed by atoms with Crippen molar-refractivity contribution in [3.63, 3.8) is 0 Å². The molecule has 0 radical (unpaired) electrons. The molecule has 78 valence electrons. The number of aryl methyl sites for hydroxylation is 1. The minimum Gasteiger partial charge on any atom is -0.380 e. The first-order valence-electron chi connectivity index (χ1n) is 5.27. The lowest BCUT2D eigenvalue weighted by molar-refractivity contribution is 0.184. The van der Waals surface area contributed by atoms with Gasteiger partial charge in [0.2, 0.25) is 0 Å². The van der Waals surface area contributed by atoms with Crippen molar-refractivity contribution in [3.05, 3.63) is 34.9 Å². The summed E-state index contributed by atoms with van der Waals surface area (Å²) in [5.74, 6) is 0.658. The van der Waals surface area contributed by atoms with Crippen LogP contribution in [0.15, 0.2) is 18.2 Å². The largest absolute Gasteiger partial charge is 0.380 e. The molecule has 0 aliphatic heterocycles. The molecule has 1 atom stereocenters. The normalized spacial score (nSPS) is 12.9. The summed E-state index contributed by atoms with van der Waals surface area (Å²) in [4.78, 5) is 0. The molecule has 0 aliphatic rings. The maximum Gasteiger partial charge on any atom is 0.0715 e. The van der Waals surface area contributed by atoms with E-state index in [-0.39, 0.29) is 0 Å². The molecule has 0 saturated carbocycles. The van der Waals surface area contributed by atoms with Crippen molar-refractivity contribution in [2.24, 2.45) is 0 Å². The smallest absolute Gasteiger partial charge is 0.0715 e. The minimum atomic E-state index is 0.658. The van der Waals surface area contributed by atoms with E-state index in [1.165, 1.54) is 23.1 Å². The van der Waals surface area contributed by atoms with E-state index >= 15 is 0 Å². The van der Waals surface area contributed by atoms with E-state index in [0.29, 0.717) is 12.5 Å². The molecule has 0 aliphatic carbocycles. The van der Waals surface area contributed by atoms with Crippen LogP contribution < -0.4 is 0 Å². The molecule has 14 heavy (non-hydrogen) atoms. The van der Waals surface area contributed by atoms with Gasteiger partial charge >= 0.3 is 0 Å². The monoisotopic (exact) mass is 192 g/mol. The van der Waals surface area contributed by atoms with Crippen LogP contribution in [-0.2, 0) is 11.3 Å². The molecule has 1 rings (SSSR count). The maximum absolute atomic E-state index is 5.14. The molecule has 1 aromatic carbocycles. The van der Waals surface area contributed by atoms with Crippen molar-refractivity contribution in [1.82, 2.24) is 0 Å². The summed E-state index contributed by atoms with van der Waals surface area (Å²) in [6.45, 7) is 7.36. The van der Waals surface area contributed by atoms with E-state index in [1.54, 1.807) is 7.11 Å². The Morgan fingerprint density at radius 1 is 1.36 bits per heavy atom. The summed E-state index contributed by atoms with van der Waals surface area (Å²) >= 11 is 0. The van der Waals surface area contributed by atoms with Gasteiger partial charge < -0.3 is 4.74 Å². The molecule has 1 aromatic rings. The number of rotatable bonds is 4. The van der Waals surface area contributed by atoms with E-state index in [4.69, 9.17) is 4.74 Å². The van der Waals surface area contributed by atoms with Gasteiger partial charge in [0.25, 0.3) is 0 Å². The molecule has 1 unspecified atom stereocenters. The average molecular weight is 192 g/mol. The molecule has 0 fully saturated rings. The molecule has 0 amide bonds. The molecule has 0 spiro atoms. The Balaban J connectivity index is 2.88. The SMILES string of the molecule is CCC(C)c1ccc(COC)c(C)c1. The highest BCUT2D eigenvalue weighted by Crippen LogP contribution is 2.21. The number of methoxy groups -OCH3 is 1. The summed E-state index contributed by atoms with van der Waals surface area (Å²) in [7, 11) is 1.74. The van der Waals surface area contributed by atoms with Crippen LogP contribution in [0.25, 0.3) is 0 Å². The molecule has 0 aromatic heterocycles. The first-order chi connectivity index (χ1) is 6.69. The highest BCUT2D eigenvalue weighted by Gasteiger charge is 2.04. The van der Waals surface area contributed by atoms with Gasteiger partial charge in [-0.1, -0.05) is 32.0 Å². The first-order valence-corrected chi connectivity index (χ1v) is 5.27. The zero-order valence-corrected chi connectivity index (χ0v) is 9.63. The summed E-state index contributed by atoms with van der Waals surface area (Å²) in [6, 6.07) is 6.68. The van der Waals surface area contributed by atoms with Crippen LogP contribution in [-0.4, -0.2) is 7.11 Å². The second-order valence-corrected chi connectivity index (χ2v) is 3.93. The second-order valence-electron chi connectivity index (χ2n) is 3.93. The van der Waals surface area contributed by atoms with Gasteiger partial charge in [-0.2, -0.15) is 0 Å². The molecule has 0 heterocycles. The molecule has 0 saturated heterocycles. The minimum absolute atomic E-state index is 0.658. The third-order valence-corrected chi connectivity index (χ3v) is 2.85. The summed E-state index contributed by atoms with van der Waals surface area (Å²) < 4.78 is 5.14. The van der Waals surface area contributed by atoms with Gasteiger partial charge in [0, 0.05) is 7.11 Å². The first kappa shape index (κ1) is 11.3. The zero-order chi connectivity index (χ0) is 10.6. The van der Waals surface area contributed by atoms with Gasteiger partial charge in [-0.3, -0.25) is 0 Å². The highest BCUT2D eigenvalue weighted by molar-refractivity contribution is 5.32. The Labute approximate surface area is 87.1 Å². The fourth-order valence-corrected chi connectivity index (χ4v) is 1.58. The van der Waals surface area contributed by atoms with Crippen molar-refractivity contribution in [2.75, 3.05) is 7.11 Å². The molecule has 1 heteroatoms. The van der Waals surface area contributed by atoms with E-state index < -0.39 is 0 Å². The Hall–Kier alpha value is -0.820. The predicted molar refractivity (Wildman–Crippen MR) is 60.6 cm³/mol. The van der Waals surface area contributed by atoms with Crippen LogP contribution in [0.3, 0.4) is 0 Å². The number of hydrogen-bond donors (Lipinski definition) is 0. The standard InChI is InChI=1S/C13H20O/c1-5-10(2)12-6-7-13(9-14-4)11(3)8-12/h6-8,10H,5,9H2,1-4H3. The van der Waals surface area contributed by atoms with Gasteiger partial charge in [0.15, 0.2) is 0 Å². The van der Waals surface area contributed by atoms with Gasteiger partial charge in [-0.15, -0.1) is 0 Å². The molecular weight excluding hydrogens is 172 g/mol. The van der Waals surface area contributed by atoms with Crippen LogP contribution in [0.4, 0.5) is 0 Å². The summed E-state index contributed by atoms with van der Waals surface area (Å²) in [5.41, 5.74) is 4.06. The van der Waals surface area contributed by atoms with Crippen LogP contribution in [0.1, 0.15) is 42.9 Å². The van der Waals surface area contributed by atoms with Crippen molar-refractivity contribution in [2.45, 2.75) is 39.7 Å². The van der Waals surface area contributed by atoms with Crippen molar-refractivity contribution < 1.29 is 4.74 Å². The van der Waals surface area contributed by atoms with Crippen molar-refractivity contribution in [1.29, 1.82) is 0 Å². The fraction of sp³-hybridized carbons (Fsp3) is 0.538. The van der Waals surface area contributed by atoms with Gasteiger partial charge in [0.05, 0.1) is 6.61 Å². The van der Waals surface area contributed by atoms with Crippen LogP contribution in [0, 0.1) is 6.92 Å². The van der Waals surface area contributed by atoms with Crippen LogP contribution in [0.2, 0.25) is 0 Å². The van der Waals surface area contributed by atoms with E-state index in [1.807, 2.05) is 0 Å². The molecular formula is C13H20O. The summed E-state index contributed by atoms with van der Waals surface area (Å²) in [5, 5.41) is 0. The lowest BCUT2D eigenvalue weighted by Gasteiger charge is -2.12. The van der Waals surface area contributed by atoms with E-state index in [0.717, 1.165) is 0 Å². The Morgan fingerprint density at radius 2 is 2.07 bits per heavy atom. The average Bonchev–Trinajstić information content (AvgIpc) is 2.20. The Kier molecular flexibility index (Phi) is 4.15. The Bertz CT molecular complexity index is 291. The number of benzene rings is 1. The van der Waals surface area contributed by atoms with E-state index in [9.17, 15) is 0 Å². The fourth-order valence-electron chi connectivity index (χ4n) is 1.58. The van der Waals surface area contributed by atoms with Gasteiger partial charge in [-0.05, 0) is 36.0 Å². The third-order valence-electron chi connectivity index (χ3n) is 2.85. The van der Waals surface area contributed by atoms with Gasteiger partial charge in [-0.25, -0.2) is 0 Å². The van der Waals surface area contributed by atoms with Crippen LogP contribution in [0.5, 0.6) is 0 Å². The molecule has 0 N–H and O–H groups in total. The lowest BCUT2D eigenvalue weighted by Crippen LogP contribution is -1.96. The number of ether oxygens (including phenoxy) is 1. The highest BCUT2D eigenvalue weighted by atomic mass is 16.5. The third kappa shape index (κ3) is 2.58. The molecule has 0 bridgehead atoms. The predicted octanol–water partition coefficient (Wildman–Crippen LogP) is 3.65. The van der Waals surface area contributed by atoms with E-state index in [2.05, 4.69) is 39.0 Å². The lowest BCUT2D eigenvalue weighted by atomic mass is 9.95. The quantitative estimate of drug-likeness (QED) is 0.707. The maximum atomic E-state index is 5.14. The number of hydrogen-bond acceptors (Lipinski definition) is 1. The Morgan fingerprint density at radius 3 is 2.57 bits per heavy atom. The molecule has 1 nitrogen and oxygen atoms in total. The van der Waals surface area contributed by atoms with Crippen molar-refractivity contribution >= 4 is 0 Å². The zero-order valence-electron chi connectivity index (χ0n) is 9.63.